The summed E-state index contributed by atoms with van der Waals surface area (Å²) in [7, 11) is 0. The van der Waals surface area contributed by atoms with E-state index in [4.69, 9.17) is 15.3 Å². The fourth-order valence-corrected chi connectivity index (χ4v) is 6.05. The highest BCUT2D eigenvalue weighted by atomic mass is 16.7. The third-order valence-electron chi connectivity index (χ3n) is 8.29. The van der Waals surface area contributed by atoms with Crippen LogP contribution in [-0.4, -0.2) is 81.8 Å². The van der Waals surface area contributed by atoms with Gasteiger partial charge in [-0.05, 0) is 48.4 Å². The van der Waals surface area contributed by atoms with Crippen LogP contribution >= 0.6 is 0 Å². The van der Waals surface area contributed by atoms with Gasteiger partial charge in [0.2, 0.25) is 11.8 Å². The second-order valence-corrected chi connectivity index (χ2v) is 11.3. The summed E-state index contributed by atoms with van der Waals surface area (Å²) >= 11 is 0. The standard InChI is InChI=1S/C31H38N4O7/c32-27(37)18-25-29(38)33(16-15-21-7-3-1-4-8-21)19-28-34(25)30(39)26(17-22-11-13-24(36)14-12-22)42-35(28)31(40)41-20-23-9-5-2-6-10-23/h1,3-4,7-8,11-14,23,25-26,28,36H,2,5-6,9-10,15-20H2,(H2,32,37)/t25-,26+,28?/m0/s1. The van der Waals surface area contributed by atoms with E-state index in [1.807, 2.05) is 30.3 Å². The van der Waals surface area contributed by atoms with Crippen LogP contribution in [0.15, 0.2) is 54.6 Å². The Hall–Kier alpha value is -4.12. The van der Waals surface area contributed by atoms with Crippen LogP contribution in [0.25, 0.3) is 0 Å². The number of carbonyl (C=O) groups is 4. The first-order chi connectivity index (χ1) is 20.3. The third kappa shape index (κ3) is 6.84. The minimum Gasteiger partial charge on any atom is -0.508 e. The maximum atomic E-state index is 13.9. The molecule has 3 N–H and O–H groups in total. The van der Waals surface area contributed by atoms with Gasteiger partial charge in [-0.3, -0.25) is 19.2 Å². The predicted molar refractivity (Wildman–Crippen MR) is 151 cm³/mol. The molecule has 11 nitrogen and oxygen atoms in total. The van der Waals surface area contributed by atoms with E-state index >= 15 is 0 Å². The summed E-state index contributed by atoms with van der Waals surface area (Å²) in [4.78, 5) is 62.2. The Morgan fingerprint density at radius 1 is 0.952 bits per heavy atom. The highest BCUT2D eigenvalue weighted by Crippen LogP contribution is 2.31. The van der Waals surface area contributed by atoms with Gasteiger partial charge in [-0.25, -0.2) is 4.79 Å². The number of fused-ring (bicyclic) bond motifs is 1. The SMILES string of the molecule is NC(=O)C[C@H]1C(=O)N(CCc2ccccc2)CC2N(C(=O)OCC3CCCCC3)O[C@H](Cc3ccc(O)cc3)C(=O)N21. The van der Waals surface area contributed by atoms with Gasteiger partial charge in [-0.1, -0.05) is 61.7 Å². The van der Waals surface area contributed by atoms with Gasteiger partial charge in [0.15, 0.2) is 12.3 Å². The van der Waals surface area contributed by atoms with E-state index in [0.717, 1.165) is 36.3 Å². The number of hydroxylamine groups is 2. The molecule has 0 spiro atoms. The Kier molecular flexibility index (Phi) is 9.26. The Labute approximate surface area is 245 Å². The fraction of sp³-hybridized carbons (Fsp3) is 0.484. The normalized spacial score (nSPS) is 23.0. The van der Waals surface area contributed by atoms with Crippen molar-refractivity contribution in [3.8, 4) is 5.75 Å². The van der Waals surface area contributed by atoms with Crippen molar-refractivity contribution in [3.63, 3.8) is 0 Å². The fourth-order valence-electron chi connectivity index (χ4n) is 6.05. The summed E-state index contributed by atoms with van der Waals surface area (Å²) in [5.74, 6) is -1.34. The number of carbonyl (C=O) groups excluding carboxylic acids is 4. The summed E-state index contributed by atoms with van der Waals surface area (Å²) in [5.41, 5.74) is 7.25. The largest absolute Gasteiger partial charge is 0.508 e. The number of phenols is 1. The van der Waals surface area contributed by atoms with Gasteiger partial charge in [0.1, 0.15) is 11.8 Å². The van der Waals surface area contributed by atoms with Crippen molar-refractivity contribution < 1.29 is 33.9 Å². The lowest BCUT2D eigenvalue weighted by molar-refractivity contribution is -0.266. The first-order valence-corrected chi connectivity index (χ1v) is 14.6. The smallest absolute Gasteiger partial charge is 0.436 e. The number of aromatic hydroxyl groups is 1. The Morgan fingerprint density at radius 3 is 2.36 bits per heavy atom. The molecule has 1 unspecified atom stereocenters. The second kappa shape index (κ2) is 13.2. The zero-order valence-electron chi connectivity index (χ0n) is 23.6. The van der Waals surface area contributed by atoms with Crippen LogP contribution in [-0.2, 0) is 36.8 Å². The Bertz CT molecular complexity index is 1270. The number of phenolic OH excluding ortho intramolecular Hbond substituents is 1. The highest BCUT2D eigenvalue weighted by Gasteiger charge is 2.53. The lowest BCUT2D eigenvalue weighted by Crippen LogP contribution is -2.74. The van der Waals surface area contributed by atoms with E-state index in [9.17, 15) is 24.3 Å². The minimum atomic E-state index is -1.19. The quantitative estimate of drug-likeness (QED) is 0.466. The van der Waals surface area contributed by atoms with Crippen molar-refractivity contribution in [2.45, 2.75) is 69.7 Å². The monoisotopic (exact) mass is 578 g/mol. The summed E-state index contributed by atoms with van der Waals surface area (Å²) in [6, 6.07) is 14.7. The molecular formula is C31H38N4O7. The van der Waals surface area contributed by atoms with Crippen molar-refractivity contribution in [1.29, 1.82) is 0 Å². The first kappa shape index (κ1) is 29.4. The number of benzene rings is 2. The van der Waals surface area contributed by atoms with E-state index in [0.29, 0.717) is 18.5 Å². The molecule has 2 aliphatic heterocycles. The zero-order valence-corrected chi connectivity index (χ0v) is 23.6. The molecule has 3 atom stereocenters. The van der Waals surface area contributed by atoms with Crippen LogP contribution in [0.4, 0.5) is 4.79 Å². The number of rotatable bonds is 9. The Balaban J connectivity index is 1.41. The van der Waals surface area contributed by atoms with Crippen LogP contribution in [0.3, 0.4) is 0 Å². The average Bonchev–Trinajstić information content (AvgIpc) is 2.99. The number of nitrogens with two attached hydrogens (primary N) is 1. The lowest BCUT2D eigenvalue weighted by Gasteiger charge is -2.52. The summed E-state index contributed by atoms with van der Waals surface area (Å²) in [6.45, 7) is 0.555. The summed E-state index contributed by atoms with van der Waals surface area (Å²) < 4.78 is 5.72. The van der Waals surface area contributed by atoms with Crippen molar-refractivity contribution in [2.75, 3.05) is 19.7 Å². The van der Waals surface area contributed by atoms with E-state index in [1.54, 1.807) is 17.0 Å². The van der Waals surface area contributed by atoms with Crippen LogP contribution in [0.5, 0.6) is 5.75 Å². The minimum absolute atomic E-state index is 0.00285. The molecule has 2 heterocycles. The van der Waals surface area contributed by atoms with Crippen molar-refractivity contribution >= 4 is 23.8 Å². The average molecular weight is 579 g/mol. The number of ether oxygens (including phenoxy) is 1. The predicted octanol–water partition coefficient (Wildman–Crippen LogP) is 2.75. The molecule has 1 saturated carbocycles. The van der Waals surface area contributed by atoms with Crippen LogP contribution in [0.1, 0.15) is 49.7 Å². The van der Waals surface area contributed by atoms with E-state index in [-0.39, 0.29) is 37.7 Å². The van der Waals surface area contributed by atoms with Crippen LogP contribution in [0.2, 0.25) is 0 Å². The number of hydrogen-bond donors (Lipinski definition) is 2. The number of piperazine rings is 1. The van der Waals surface area contributed by atoms with Gasteiger partial charge in [-0.2, -0.15) is 5.06 Å². The molecule has 5 rings (SSSR count). The molecule has 2 aromatic carbocycles. The molecule has 4 amide bonds. The van der Waals surface area contributed by atoms with Gasteiger partial charge >= 0.3 is 6.09 Å². The zero-order chi connectivity index (χ0) is 29.6. The maximum Gasteiger partial charge on any atom is 0.436 e. The lowest BCUT2D eigenvalue weighted by atomic mass is 9.90. The molecule has 1 aliphatic carbocycles. The van der Waals surface area contributed by atoms with Crippen LogP contribution < -0.4 is 5.73 Å². The number of hydrogen-bond acceptors (Lipinski definition) is 7. The van der Waals surface area contributed by atoms with E-state index < -0.39 is 42.1 Å². The van der Waals surface area contributed by atoms with E-state index in [2.05, 4.69) is 0 Å². The topological polar surface area (TPSA) is 143 Å². The molecule has 3 aliphatic rings. The number of nitrogens with zero attached hydrogens (tertiary/aromatic N) is 3. The van der Waals surface area contributed by atoms with Gasteiger partial charge in [0.05, 0.1) is 19.6 Å². The molecule has 2 aromatic rings. The molecule has 0 bridgehead atoms. The molecule has 3 fully saturated rings. The first-order valence-electron chi connectivity index (χ1n) is 14.6. The van der Waals surface area contributed by atoms with Gasteiger partial charge in [0, 0.05) is 13.0 Å². The van der Waals surface area contributed by atoms with Crippen molar-refractivity contribution in [1.82, 2.24) is 14.9 Å². The molecule has 224 valence electrons. The van der Waals surface area contributed by atoms with Gasteiger partial charge in [-0.15, -0.1) is 0 Å². The van der Waals surface area contributed by atoms with Crippen molar-refractivity contribution in [3.05, 3.63) is 65.7 Å². The van der Waals surface area contributed by atoms with Crippen LogP contribution in [0, 0.1) is 5.92 Å². The molecule has 2 saturated heterocycles. The van der Waals surface area contributed by atoms with Gasteiger partial charge in [0.25, 0.3) is 5.91 Å². The third-order valence-corrected chi connectivity index (χ3v) is 8.29. The van der Waals surface area contributed by atoms with Gasteiger partial charge < -0.3 is 25.4 Å². The summed E-state index contributed by atoms with van der Waals surface area (Å²) in [6.07, 6.45) is 2.65. The Morgan fingerprint density at radius 2 is 1.67 bits per heavy atom. The molecular weight excluding hydrogens is 540 g/mol. The molecule has 11 heteroatoms. The van der Waals surface area contributed by atoms with E-state index in [1.165, 1.54) is 23.5 Å². The number of amides is 4. The molecule has 0 aromatic heterocycles. The number of primary amides is 1. The van der Waals surface area contributed by atoms with Crippen molar-refractivity contribution in [2.24, 2.45) is 11.7 Å². The summed E-state index contributed by atoms with van der Waals surface area (Å²) in [5, 5.41) is 10.7. The molecule has 42 heavy (non-hydrogen) atoms. The highest BCUT2D eigenvalue weighted by molar-refractivity contribution is 5.95. The maximum absolute atomic E-state index is 13.9. The second-order valence-electron chi connectivity index (χ2n) is 11.3. The molecule has 0 radical (unpaired) electrons.